The zero-order chi connectivity index (χ0) is 12.3. The molecule has 0 aliphatic heterocycles. The fourth-order valence-corrected chi connectivity index (χ4v) is 1.28. The van der Waals surface area contributed by atoms with Gasteiger partial charge in [-0.1, -0.05) is 0 Å². The SMILES string of the molecule is N#Cc1c(C(=O)Cl)cc(C=O)cc1[N+](=O)[O-]. The van der Waals surface area contributed by atoms with Crippen LogP contribution in [0, 0.1) is 21.4 Å². The molecule has 0 N–H and O–H groups in total. The molecule has 0 heterocycles. The lowest BCUT2D eigenvalue weighted by Gasteiger charge is -2.00. The first-order chi connectivity index (χ1) is 7.51. The Kier molecular flexibility index (Phi) is 3.33. The summed E-state index contributed by atoms with van der Waals surface area (Å²) in [7, 11) is 0. The number of halogens is 1. The molecule has 0 unspecified atom stereocenters. The van der Waals surface area contributed by atoms with Crippen LogP contribution in [0.3, 0.4) is 0 Å². The summed E-state index contributed by atoms with van der Waals surface area (Å²) in [6.07, 6.45) is 0.331. The zero-order valence-corrected chi connectivity index (χ0v) is 8.39. The molecule has 0 saturated carbocycles. The van der Waals surface area contributed by atoms with Crippen molar-refractivity contribution in [3.63, 3.8) is 0 Å². The van der Waals surface area contributed by atoms with Crippen LogP contribution in [0.4, 0.5) is 5.69 Å². The highest BCUT2D eigenvalue weighted by Gasteiger charge is 2.22. The van der Waals surface area contributed by atoms with Crippen LogP contribution in [0.2, 0.25) is 0 Å². The number of hydrogen-bond acceptors (Lipinski definition) is 5. The Morgan fingerprint density at radius 1 is 1.56 bits per heavy atom. The van der Waals surface area contributed by atoms with Crippen molar-refractivity contribution in [2.75, 3.05) is 0 Å². The fraction of sp³-hybridized carbons (Fsp3) is 0. The summed E-state index contributed by atoms with van der Waals surface area (Å²) in [5.41, 5.74) is -1.50. The van der Waals surface area contributed by atoms with E-state index in [1.54, 1.807) is 0 Å². The van der Waals surface area contributed by atoms with Crippen LogP contribution in [0.5, 0.6) is 0 Å². The van der Waals surface area contributed by atoms with Gasteiger partial charge < -0.3 is 0 Å². The van der Waals surface area contributed by atoms with Gasteiger partial charge in [-0.05, 0) is 17.7 Å². The smallest absolute Gasteiger partial charge is 0.288 e. The van der Waals surface area contributed by atoms with Gasteiger partial charge in [0.2, 0.25) is 0 Å². The Morgan fingerprint density at radius 2 is 2.19 bits per heavy atom. The van der Waals surface area contributed by atoms with Crippen molar-refractivity contribution in [3.05, 3.63) is 38.9 Å². The molecular weight excluding hydrogens is 236 g/mol. The Morgan fingerprint density at radius 3 is 2.56 bits per heavy atom. The Balaban J connectivity index is 3.67. The predicted molar refractivity (Wildman–Crippen MR) is 53.4 cm³/mol. The van der Waals surface area contributed by atoms with E-state index in [9.17, 15) is 19.7 Å². The average Bonchev–Trinajstić information content (AvgIpc) is 2.26. The van der Waals surface area contributed by atoms with Crippen molar-refractivity contribution in [1.29, 1.82) is 5.26 Å². The van der Waals surface area contributed by atoms with E-state index in [0.29, 0.717) is 6.29 Å². The summed E-state index contributed by atoms with van der Waals surface area (Å²) in [4.78, 5) is 31.2. The molecule has 0 aromatic heterocycles. The van der Waals surface area contributed by atoms with Crippen LogP contribution in [-0.4, -0.2) is 16.5 Å². The van der Waals surface area contributed by atoms with E-state index < -0.39 is 21.4 Å². The van der Waals surface area contributed by atoms with Crippen molar-refractivity contribution in [1.82, 2.24) is 0 Å². The van der Waals surface area contributed by atoms with Gasteiger partial charge in [-0.15, -0.1) is 0 Å². The van der Waals surface area contributed by atoms with Crippen LogP contribution in [0.25, 0.3) is 0 Å². The topological polar surface area (TPSA) is 101 Å². The Hall–Kier alpha value is -2.26. The molecule has 0 bridgehead atoms. The second kappa shape index (κ2) is 4.51. The summed E-state index contributed by atoms with van der Waals surface area (Å²) in [5.74, 6) is 0. The van der Waals surface area contributed by atoms with E-state index in [2.05, 4.69) is 0 Å². The van der Waals surface area contributed by atoms with Crippen LogP contribution in [0.1, 0.15) is 26.3 Å². The van der Waals surface area contributed by atoms with Crippen LogP contribution in [-0.2, 0) is 0 Å². The number of nitro benzene ring substituents is 1. The van der Waals surface area contributed by atoms with Crippen molar-refractivity contribution >= 4 is 28.8 Å². The number of carbonyl (C=O) groups excluding carboxylic acids is 2. The maximum Gasteiger partial charge on any atom is 0.288 e. The number of hydrogen-bond donors (Lipinski definition) is 0. The summed E-state index contributed by atoms with van der Waals surface area (Å²) in [6, 6.07) is 3.46. The first-order valence-electron chi connectivity index (χ1n) is 3.88. The molecule has 80 valence electrons. The predicted octanol–water partition coefficient (Wildman–Crippen LogP) is 1.66. The Labute approximate surface area is 94.2 Å². The molecule has 0 radical (unpaired) electrons. The maximum absolute atomic E-state index is 10.9. The molecule has 1 aromatic carbocycles. The molecule has 0 fully saturated rings. The van der Waals surface area contributed by atoms with Gasteiger partial charge in [-0.3, -0.25) is 19.7 Å². The number of nitro groups is 1. The van der Waals surface area contributed by atoms with Crippen molar-refractivity contribution < 1.29 is 14.5 Å². The van der Waals surface area contributed by atoms with Gasteiger partial charge in [0.25, 0.3) is 10.9 Å². The third-order valence-electron chi connectivity index (χ3n) is 1.80. The molecule has 1 rings (SSSR count). The van der Waals surface area contributed by atoms with Gasteiger partial charge in [0, 0.05) is 11.6 Å². The molecule has 0 aliphatic rings. The van der Waals surface area contributed by atoms with Crippen molar-refractivity contribution in [2.24, 2.45) is 0 Å². The van der Waals surface area contributed by atoms with E-state index in [4.69, 9.17) is 16.9 Å². The molecule has 16 heavy (non-hydrogen) atoms. The van der Waals surface area contributed by atoms with E-state index in [0.717, 1.165) is 12.1 Å². The number of carbonyl (C=O) groups is 2. The van der Waals surface area contributed by atoms with E-state index in [1.165, 1.54) is 6.07 Å². The van der Waals surface area contributed by atoms with Gasteiger partial charge in [0.15, 0.2) is 0 Å². The zero-order valence-electron chi connectivity index (χ0n) is 7.64. The second-order valence-corrected chi connectivity index (χ2v) is 3.07. The largest absolute Gasteiger partial charge is 0.298 e. The monoisotopic (exact) mass is 238 g/mol. The summed E-state index contributed by atoms with van der Waals surface area (Å²) in [6.45, 7) is 0. The highest BCUT2D eigenvalue weighted by molar-refractivity contribution is 6.68. The first-order valence-corrected chi connectivity index (χ1v) is 4.26. The molecule has 1 aromatic rings. The molecule has 0 saturated heterocycles. The van der Waals surface area contributed by atoms with Crippen molar-refractivity contribution in [2.45, 2.75) is 0 Å². The second-order valence-electron chi connectivity index (χ2n) is 2.72. The fourth-order valence-electron chi connectivity index (χ4n) is 1.13. The maximum atomic E-state index is 10.9. The van der Waals surface area contributed by atoms with E-state index in [1.807, 2.05) is 0 Å². The molecular formula is C9H3ClN2O4. The van der Waals surface area contributed by atoms with Crippen molar-refractivity contribution in [3.8, 4) is 6.07 Å². The summed E-state index contributed by atoms with van der Waals surface area (Å²) in [5, 5.41) is 18.3. The number of nitriles is 1. The molecule has 7 heteroatoms. The number of rotatable bonds is 3. The standard InChI is InChI=1S/C9H3ClN2O4/c10-9(14)6-1-5(4-13)2-8(12(15)16)7(6)3-11/h1-2,4H. The number of benzene rings is 1. The highest BCUT2D eigenvalue weighted by Crippen LogP contribution is 2.24. The normalized spacial score (nSPS) is 9.25. The van der Waals surface area contributed by atoms with Gasteiger partial charge in [0.05, 0.1) is 10.5 Å². The van der Waals surface area contributed by atoms with Crippen LogP contribution >= 0.6 is 11.6 Å². The van der Waals surface area contributed by atoms with Gasteiger partial charge in [-0.2, -0.15) is 5.26 Å². The Bertz CT molecular complexity index is 498. The van der Waals surface area contributed by atoms with E-state index in [-0.39, 0.29) is 11.1 Å². The molecule has 0 atom stereocenters. The summed E-state index contributed by atoms with van der Waals surface area (Å²) < 4.78 is 0. The number of aldehydes is 1. The minimum atomic E-state index is -1.02. The summed E-state index contributed by atoms with van der Waals surface area (Å²) >= 11 is 5.16. The molecule has 0 spiro atoms. The lowest BCUT2D eigenvalue weighted by atomic mass is 10.0. The van der Waals surface area contributed by atoms with Gasteiger partial charge in [-0.25, -0.2) is 0 Å². The highest BCUT2D eigenvalue weighted by atomic mass is 35.5. The minimum Gasteiger partial charge on any atom is -0.298 e. The first kappa shape index (κ1) is 11.8. The van der Waals surface area contributed by atoms with Gasteiger partial charge >= 0.3 is 0 Å². The van der Waals surface area contributed by atoms with E-state index >= 15 is 0 Å². The van der Waals surface area contributed by atoms with Crippen LogP contribution < -0.4 is 0 Å². The third kappa shape index (κ3) is 2.04. The lowest BCUT2D eigenvalue weighted by molar-refractivity contribution is -0.385. The quantitative estimate of drug-likeness (QED) is 0.345. The van der Waals surface area contributed by atoms with Gasteiger partial charge in [0.1, 0.15) is 17.9 Å². The molecule has 6 nitrogen and oxygen atoms in total. The lowest BCUT2D eigenvalue weighted by Crippen LogP contribution is -2.02. The van der Waals surface area contributed by atoms with Crippen LogP contribution in [0.15, 0.2) is 12.1 Å². The minimum absolute atomic E-state index is 0.0882. The molecule has 0 amide bonds. The molecule has 0 aliphatic carbocycles. The number of nitrogens with zero attached hydrogens (tertiary/aromatic N) is 2. The average molecular weight is 239 g/mol. The third-order valence-corrected chi connectivity index (χ3v) is 2.00.